The van der Waals surface area contributed by atoms with E-state index in [9.17, 15) is 31.5 Å². The van der Waals surface area contributed by atoms with Crippen molar-refractivity contribution in [2.75, 3.05) is 25.0 Å². The van der Waals surface area contributed by atoms with Crippen molar-refractivity contribution in [3.63, 3.8) is 0 Å². The van der Waals surface area contributed by atoms with E-state index in [1.807, 2.05) is 0 Å². The zero-order chi connectivity index (χ0) is 32.7. The molecule has 3 aliphatic rings. The molecule has 3 atom stereocenters. The van der Waals surface area contributed by atoms with Crippen LogP contribution in [0.4, 0.5) is 27.6 Å². The van der Waals surface area contributed by atoms with Gasteiger partial charge in [-0.15, -0.1) is 0 Å². The number of nitrogens with one attached hydrogen (secondary N) is 3. The van der Waals surface area contributed by atoms with E-state index in [1.165, 1.54) is 25.2 Å². The lowest BCUT2D eigenvalue weighted by Crippen LogP contribution is -2.29. The predicted octanol–water partition coefficient (Wildman–Crippen LogP) is 4.46. The number of hydrogen-bond acceptors (Lipinski definition) is 6. The van der Waals surface area contributed by atoms with E-state index in [0.717, 1.165) is 42.9 Å². The second-order valence-electron chi connectivity index (χ2n) is 11.4. The second kappa shape index (κ2) is 12.4. The van der Waals surface area contributed by atoms with Gasteiger partial charge in [-0.3, -0.25) is 19.1 Å². The molecule has 3 fully saturated rings. The van der Waals surface area contributed by atoms with Crippen LogP contribution < -0.4 is 16.0 Å². The molecule has 2 amide bonds. The summed E-state index contributed by atoms with van der Waals surface area (Å²) in [5.74, 6) is -2.71. The third kappa shape index (κ3) is 6.81. The molecule has 2 aromatic heterocycles. The van der Waals surface area contributed by atoms with Crippen LogP contribution in [0.15, 0.2) is 30.6 Å². The standard InChI is InChI=1S/C27H27ClF5N7O2.CH2O2/c1-39-20(18-12-40(21-7-26(21,29)30)38-22(18)27(31,32)33)11-35-23(39)25(42)37-16-2-3-17(19(28)6-16)24(41)36-8-13-4-14-9-34-10-15(14)5-13;2-1-3/h2-3,6,11-15,21,34H,4-5,7-10H2,1H3,(H,36,41)(H,37,42);1H,(H,2,3). The van der Waals surface area contributed by atoms with Crippen LogP contribution in [0.2, 0.25) is 5.02 Å². The van der Waals surface area contributed by atoms with Gasteiger partial charge in [-0.2, -0.15) is 18.3 Å². The van der Waals surface area contributed by atoms with E-state index in [2.05, 4.69) is 26.0 Å². The summed E-state index contributed by atoms with van der Waals surface area (Å²) in [5, 5.41) is 19.3. The van der Waals surface area contributed by atoms with E-state index >= 15 is 0 Å². The van der Waals surface area contributed by atoms with E-state index in [0.29, 0.717) is 29.0 Å². The number of anilines is 1. The minimum Gasteiger partial charge on any atom is -0.483 e. The summed E-state index contributed by atoms with van der Waals surface area (Å²) in [6.45, 7) is 2.35. The molecule has 242 valence electrons. The summed E-state index contributed by atoms with van der Waals surface area (Å²) in [4.78, 5) is 38.0. The fourth-order valence-corrected chi connectivity index (χ4v) is 6.33. The average molecular weight is 658 g/mol. The number of rotatable bonds is 7. The van der Waals surface area contributed by atoms with E-state index in [1.54, 1.807) is 0 Å². The molecule has 1 saturated heterocycles. The fraction of sp³-hybridized carbons (Fsp3) is 0.464. The number of imidazole rings is 1. The highest BCUT2D eigenvalue weighted by molar-refractivity contribution is 6.34. The number of hydrogen-bond donors (Lipinski definition) is 4. The van der Waals surface area contributed by atoms with Crippen molar-refractivity contribution in [1.82, 2.24) is 30.0 Å². The Hall–Kier alpha value is -4.05. The second-order valence-corrected chi connectivity index (χ2v) is 11.8. The minimum atomic E-state index is -4.92. The summed E-state index contributed by atoms with van der Waals surface area (Å²) >= 11 is 6.35. The third-order valence-corrected chi connectivity index (χ3v) is 8.67. The molecule has 3 aromatic rings. The highest BCUT2D eigenvalue weighted by atomic mass is 35.5. The van der Waals surface area contributed by atoms with Gasteiger partial charge in [0.1, 0.15) is 6.04 Å². The van der Waals surface area contributed by atoms with E-state index < -0.39 is 41.7 Å². The van der Waals surface area contributed by atoms with Crippen LogP contribution in [0.1, 0.15) is 52.0 Å². The van der Waals surface area contributed by atoms with Crippen molar-refractivity contribution in [3.8, 4) is 11.3 Å². The predicted molar refractivity (Wildman–Crippen MR) is 151 cm³/mol. The Morgan fingerprint density at radius 1 is 1.20 bits per heavy atom. The summed E-state index contributed by atoms with van der Waals surface area (Å²) in [6.07, 6.45) is -1.44. The molecule has 3 heterocycles. The number of alkyl halides is 5. The molecule has 17 heteroatoms. The zero-order valence-electron chi connectivity index (χ0n) is 23.7. The van der Waals surface area contributed by atoms with Crippen molar-refractivity contribution in [2.45, 2.75) is 37.4 Å². The molecule has 45 heavy (non-hydrogen) atoms. The number of fused-ring (bicyclic) bond motifs is 1. The number of amides is 2. The van der Waals surface area contributed by atoms with Crippen LogP contribution in [-0.2, 0) is 18.0 Å². The van der Waals surface area contributed by atoms with Crippen LogP contribution in [0.5, 0.6) is 0 Å². The van der Waals surface area contributed by atoms with Crippen molar-refractivity contribution in [3.05, 3.63) is 52.7 Å². The number of carboxylic acid groups (broad SMARTS) is 1. The molecular formula is C28H29ClF5N7O4. The van der Waals surface area contributed by atoms with Gasteiger partial charge in [0.25, 0.3) is 24.2 Å². The molecule has 0 radical (unpaired) electrons. The Kier molecular flexibility index (Phi) is 8.90. The van der Waals surface area contributed by atoms with Gasteiger partial charge in [-0.1, -0.05) is 11.6 Å². The summed E-state index contributed by atoms with van der Waals surface area (Å²) in [7, 11) is 1.33. The van der Waals surface area contributed by atoms with Crippen LogP contribution in [0, 0.1) is 17.8 Å². The third-order valence-electron chi connectivity index (χ3n) is 8.35. The maximum absolute atomic E-state index is 13.7. The molecule has 2 aliphatic carbocycles. The quantitative estimate of drug-likeness (QED) is 0.217. The van der Waals surface area contributed by atoms with Gasteiger partial charge < -0.3 is 25.6 Å². The highest BCUT2D eigenvalue weighted by Gasteiger charge is 2.59. The molecule has 1 aliphatic heterocycles. The molecule has 0 bridgehead atoms. The minimum absolute atomic E-state index is 0.109. The summed E-state index contributed by atoms with van der Waals surface area (Å²) in [5.41, 5.74) is -1.48. The van der Waals surface area contributed by atoms with E-state index in [4.69, 9.17) is 21.5 Å². The topological polar surface area (TPSA) is 143 Å². The van der Waals surface area contributed by atoms with Crippen LogP contribution in [0.25, 0.3) is 11.3 Å². The number of carbonyl (C=O) groups is 3. The number of benzene rings is 1. The first kappa shape index (κ1) is 32.3. The van der Waals surface area contributed by atoms with Gasteiger partial charge in [0.2, 0.25) is 0 Å². The number of aromatic nitrogens is 4. The summed E-state index contributed by atoms with van der Waals surface area (Å²) < 4.78 is 69.8. The van der Waals surface area contributed by atoms with Gasteiger partial charge in [0.05, 0.1) is 28.0 Å². The Labute approximate surface area is 258 Å². The highest BCUT2D eigenvalue weighted by Crippen LogP contribution is 2.53. The first-order valence-electron chi connectivity index (χ1n) is 14.0. The zero-order valence-corrected chi connectivity index (χ0v) is 24.5. The molecule has 0 spiro atoms. The Morgan fingerprint density at radius 3 is 2.42 bits per heavy atom. The maximum atomic E-state index is 13.7. The Morgan fingerprint density at radius 2 is 1.84 bits per heavy atom. The fourth-order valence-electron chi connectivity index (χ4n) is 6.06. The van der Waals surface area contributed by atoms with Crippen molar-refractivity contribution >= 4 is 35.6 Å². The smallest absolute Gasteiger partial charge is 0.435 e. The Balaban J connectivity index is 0.00000128. The van der Waals surface area contributed by atoms with Gasteiger partial charge >= 0.3 is 6.18 Å². The van der Waals surface area contributed by atoms with Gasteiger partial charge in [0, 0.05) is 31.9 Å². The first-order chi connectivity index (χ1) is 21.2. The maximum Gasteiger partial charge on any atom is 0.435 e. The summed E-state index contributed by atoms with van der Waals surface area (Å²) in [6, 6.07) is 2.89. The average Bonchev–Trinajstić information content (AvgIpc) is 3.50. The van der Waals surface area contributed by atoms with Crippen LogP contribution in [-0.4, -0.2) is 68.3 Å². The lowest BCUT2D eigenvalue weighted by Gasteiger charge is -2.14. The largest absolute Gasteiger partial charge is 0.483 e. The number of nitrogens with zero attached hydrogens (tertiary/aromatic N) is 4. The molecule has 11 nitrogen and oxygen atoms in total. The molecule has 6 rings (SSSR count). The normalized spacial score (nSPS) is 23.1. The Bertz CT molecular complexity index is 1600. The number of carbonyl (C=O) groups excluding carboxylic acids is 2. The van der Waals surface area contributed by atoms with Crippen molar-refractivity contribution < 1.29 is 41.4 Å². The molecule has 4 N–H and O–H groups in total. The first-order valence-corrected chi connectivity index (χ1v) is 14.3. The monoisotopic (exact) mass is 657 g/mol. The van der Waals surface area contributed by atoms with Crippen LogP contribution >= 0.6 is 11.6 Å². The van der Waals surface area contributed by atoms with E-state index in [-0.39, 0.29) is 40.2 Å². The van der Waals surface area contributed by atoms with Gasteiger partial charge in [0.15, 0.2) is 11.5 Å². The SMILES string of the molecule is Cn1c(-c2cn(C3CC3(F)F)nc2C(F)(F)F)cnc1C(=O)Nc1ccc(C(=O)NCC2CC3CNCC3C2)c(Cl)c1.O=CO. The lowest BCUT2D eigenvalue weighted by molar-refractivity contribution is -0.141. The molecule has 3 unspecified atom stereocenters. The van der Waals surface area contributed by atoms with Crippen molar-refractivity contribution in [1.29, 1.82) is 0 Å². The van der Waals surface area contributed by atoms with Gasteiger partial charge in [-0.25, -0.2) is 13.8 Å². The van der Waals surface area contributed by atoms with Crippen LogP contribution in [0.3, 0.4) is 0 Å². The van der Waals surface area contributed by atoms with Crippen molar-refractivity contribution in [2.24, 2.45) is 24.8 Å². The number of halogens is 6. The molecule has 1 aromatic carbocycles. The lowest BCUT2D eigenvalue weighted by atomic mass is 10.0. The molecule has 2 saturated carbocycles. The molecular weight excluding hydrogens is 629 g/mol. The van der Waals surface area contributed by atoms with Gasteiger partial charge in [-0.05, 0) is 61.9 Å².